The molecule has 0 bridgehead atoms. The molecule has 0 aliphatic heterocycles. The molecule has 17 heavy (non-hydrogen) atoms. The first-order valence-corrected chi connectivity index (χ1v) is 6.18. The summed E-state index contributed by atoms with van der Waals surface area (Å²) in [7, 11) is 0. The van der Waals surface area contributed by atoms with Gasteiger partial charge in [0.25, 0.3) is 5.91 Å². The van der Waals surface area contributed by atoms with Crippen LogP contribution in [0.15, 0.2) is 18.2 Å². The lowest BCUT2D eigenvalue weighted by molar-refractivity contribution is 0.0909. The zero-order valence-electron chi connectivity index (χ0n) is 10.4. The third-order valence-corrected chi connectivity index (χ3v) is 3.69. The summed E-state index contributed by atoms with van der Waals surface area (Å²) in [5.74, 6) is 0.701. The van der Waals surface area contributed by atoms with Crippen molar-refractivity contribution in [1.29, 1.82) is 0 Å². The van der Waals surface area contributed by atoms with E-state index in [0.717, 1.165) is 5.56 Å². The lowest BCUT2D eigenvalue weighted by Gasteiger charge is -2.31. The number of hydrogen-bond donors (Lipinski definition) is 2. The van der Waals surface area contributed by atoms with Gasteiger partial charge in [0.2, 0.25) is 0 Å². The Morgan fingerprint density at radius 2 is 2.18 bits per heavy atom. The molecule has 0 aromatic heterocycles. The van der Waals surface area contributed by atoms with Gasteiger partial charge in [-0.15, -0.1) is 0 Å². The maximum absolute atomic E-state index is 11.9. The minimum absolute atomic E-state index is 0.0975. The van der Waals surface area contributed by atoms with E-state index in [-0.39, 0.29) is 17.7 Å². The quantitative estimate of drug-likeness (QED) is 0.843. The summed E-state index contributed by atoms with van der Waals surface area (Å²) in [6, 6.07) is 5.26. The van der Waals surface area contributed by atoms with Gasteiger partial charge in [-0.2, -0.15) is 0 Å². The van der Waals surface area contributed by atoms with Gasteiger partial charge in [-0.1, -0.05) is 12.5 Å². The van der Waals surface area contributed by atoms with Crippen LogP contribution in [0.3, 0.4) is 0 Å². The number of benzene rings is 1. The standard InChI is InChI=1S/C14H19NO2/c1-9-6-7-12(8-13(9)16)14(17)15-10(2)11-4-3-5-11/h6-8,10-11,16H,3-5H2,1-2H3,(H,15,17). The van der Waals surface area contributed by atoms with Crippen molar-refractivity contribution < 1.29 is 9.90 Å². The number of rotatable bonds is 3. The van der Waals surface area contributed by atoms with Gasteiger partial charge in [0.05, 0.1) is 0 Å². The van der Waals surface area contributed by atoms with E-state index in [2.05, 4.69) is 12.2 Å². The highest BCUT2D eigenvalue weighted by atomic mass is 16.3. The topological polar surface area (TPSA) is 49.3 Å². The highest BCUT2D eigenvalue weighted by Gasteiger charge is 2.25. The summed E-state index contributed by atoms with van der Waals surface area (Å²) in [5.41, 5.74) is 1.31. The van der Waals surface area contributed by atoms with E-state index in [4.69, 9.17) is 0 Å². The van der Waals surface area contributed by atoms with Crippen LogP contribution in [0.2, 0.25) is 0 Å². The molecule has 1 aromatic carbocycles. The van der Waals surface area contributed by atoms with Crippen LogP contribution in [0.4, 0.5) is 0 Å². The van der Waals surface area contributed by atoms with E-state index < -0.39 is 0 Å². The molecule has 1 unspecified atom stereocenters. The number of nitrogens with one attached hydrogen (secondary N) is 1. The third kappa shape index (κ3) is 2.60. The first-order valence-electron chi connectivity index (χ1n) is 6.18. The molecule has 2 N–H and O–H groups in total. The van der Waals surface area contributed by atoms with Crippen molar-refractivity contribution in [2.45, 2.75) is 39.2 Å². The maximum Gasteiger partial charge on any atom is 0.251 e. The predicted molar refractivity (Wildman–Crippen MR) is 67.1 cm³/mol. The Hall–Kier alpha value is -1.51. The van der Waals surface area contributed by atoms with Crippen molar-refractivity contribution >= 4 is 5.91 Å². The molecule has 1 fully saturated rings. The van der Waals surface area contributed by atoms with Crippen molar-refractivity contribution in [3.05, 3.63) is 29.3 Å². The monoisotopic (exact) mass is 233 g/mol. The average Bonchev–Trinajstić information content (AvgIpc) is 2.19. The molecule has 0 heterocycles. The summed E-state index contributed by atoms with van der Waals surface area (Å²) >= 11 is 0. The molecule has 92 valence electrons. The zero-order valence-corrected chi connectivity index (χ0v) is 10.4. The minimum Gasteiger partial charge on any atom is -0.508 e. The van der Waals surface area contributed by atoms with Crippen LogP contribution < -0.4 is 5.32 Å². The van der Waals surface area contributed by atoms with Crippen LogP contribution in [0, 0.1) is 12.8 Å². The van der Waals surface area contributed by atoms with Gasteiger partial charge < -0.3 is 10.4 Å². The van der Waals surface area contributed by atoms with Gasteiger partial charge in [0.15, 0.2) is 0 Å². The molecule has 1 saturated carbocycles. The van der Waals surface area contributed by atoms with Crippen molar-refractivity contribution in [2.75, 3.05) is 0 Å². The fourth-order valence-electron chi connectivity index (χ4n) is 2.10. The molecule has 0 radical (unpaired) electrons. The molecule has 1 aliphatic rings. The van der Waals surface area contributed by atoms with Crippen molar-refractivity contribution in [3.8, 4) is 5.75 Å². The van der Waals surface area contributed by atoms with Crippen LogP contribution in [-0.4, -0.2) is 17.1 Å². The van der Waals surface area contributed by atoms with Gasteiger partial charge in [-0.3, -0.25) is 4.79 Å². The number of phenolic OH excluding ortho intramolecular Hbond substituents is 1. The number of carbonyl (C=O) groups excluding carboxylic acids is 1. The molecule has 1 amide bonds. The van der Waals surface area contributed by atoms with Gasteiger partial charge in [0, 0.05) is 11.6 Å². The van der Waals surface area contributed by atoms with Crippen LogP contribution >= 0.6 is 0 Å². The number of aromatic hydroxyl groups is 1. The van der Waals surface area contributed by atoms with E-state index in [0.29, 0.717) is 11.5 Å². The van der Waals surface area contributed by atoms with Crippen molar-refractivity contribution in [2.24, 2.45) is 5.92 Å². The van der Waals surface area contributed by atoms with E-state index >= 15 is 0 Å². The molecular formula is C14H19NO2. The molecule has 0 saturated heterocycles. The molecule has 3 heteroatoms. The Kier molecular flexibility index (Phi) is 3.36. The zero-order chi connectivity index (χ0) is 12.4. The van der Waals surface area contributed by atoms with Crippen LogP contribution in [0.5, 0.6) is 5.75 Å². The first kappa shape index (κ1) is 12.0. The summed E-state index contributed by atoms with van der Waals surface area (Å²) in [6.45, 7) is 3.86. The van der Waals surface area contributed by atoms with E-state index in [1.165, 1.54) is 25.3 Å². The molecule has 1 atom stereocenters. The van der Waals surface area contributed by atoms with E-state index in [1.807, 2.05) is 6.92 Å². The molecule has 0 spiro atoms. The Labute approximate surface area is 102 Å². The number of aryl methyl sites for hydroxylation is 1. The Balaban J connectivity index is 2.01. The summed E-state index contributed by atoms with van der Waals surface area (Å²) in [6.07, 6.45) is 3.69. The van der Waals surface area contributed by atoms with Gasteiger partial charge in [0.1, 0.15) is 5.75 Å². The Morgan fingerprint density at radius 1 is 1.47 bits per heavy atom. The Bertz CT molecular complexity index is 424. The minimum atomic E-state index is -0.0975. The maximum atomic E-state index is 11.9. The second-order valence-electron chi connectivity index (χ2n) is 4.95. The molecular weight excluding hydrogens is 214 g/mol. The van der Waals surface area contributed by atoms with E-state index in [9.17, 15) is 9.90 Å². The number of amides is 1. The highest BCUT2D eigenvalue weighted by Crippen LogP contribution is 2.29. The molecule has 2 rings (SSSR count). The smallest absolute Gasteiger partial charge is 0.251 e. The fourth-order valence-corrected chi connectivity index (χ4v) is 2.10. The third-order valence-electron chi connectivity index (χ3n) is 3.69. The van der Waals surface area contributed by atoms with Crippen LogP contribution in [-0.2, 0) is 0 Å². The number of carbonyl (C=O) groups is 1. The largest absolute Gasteiger partial charge is 0.508 e. The second kappa shape index (κ2) is 4.78. The molecule has 1 aromatic rings. The predicted octanol–water partition coefficient (Wildman–Crippen LogP) is 2.62. The summed E-state index contributed by atoms with van der Waals surface area (Å²) in [4.78, 5) is 11.9. The molecule has 1 aliphatic carbocycles. The van der Waals surface area contributed by atoms with Gasteiger partial charge in [-0.25, -0.2) is 0 Å². The molecule has 3 nitrogen and oxygen atoms in total. The average molecular weight is 233 g/mol. The van der Waals surface area contributed by atoms with Crippen molar-refractivity contribution in [1.82, 2.24) is 5.32 Å². The number of phenols is 1. The van der Waals surface area contributed by atoms with Crippen molar-refractivity contribution in [3.63, 3.8) is 0 Å². The van der Waals surface area contributed by atoms with E-state index in [1.54, 1.807) is 12.1 Å². The SMILES string of the molecule is Cc1ccc(C(=O)NC(C)C2CCC2)cc1O. The normalized spacial score (nSPS) is 17.3. The highest BCUT2D eigenvalue weighted by molar-refractivity contribution is 5.94. The summed E-state index contributed by atoms with van der Waals surface area (Å²) < 4.78 is 0. The lowest BCUT2D eigenvalue weighted by Crippen LogP contribution is -2.40. The number of hydrogen-bond acceptors (Lipinski definition) is 2. The van der Waals surface area contributed by atoms with Crippen LogP contribution in [0.25, 0.3) is 0 Å². The van der Waals surface area contributed by atoms with Crippen LogP contribution in [0.1, 0.15) is 42.1 Å². The lowest BCUT2D eigenvalue weighted by atomic mass is 9.80. The Morgan fingerprint density at radius 3 is 2.71 bits per heavy atom. The van der Waals surface area contributed by atoms with Gasteiger partial charge >= 0.3 is 0 Å². The van der Waals surface area contributed by atoms with Gasteiger partial charge in [-0.05, 0) is 50.3 Å². The summed E-state index contributed by atoms with van der Waals surface area (Å²) in [5, 5.41) is 12.6. The second-order valence-corrected chi connectivity index (χ2v) is 4.95. The first-order chi connectivity index (χ1) is 8.08. The fraction of sp³-hybridized carbons (Fsp3) is 0.500.